The Kier molecular flexibility index (Phi) is 7.89. The summed E-state index contributed by atoms with van der Waals surface area (Å²) in [6, 6.07) is 7.90. The first-order valence-electron chi connectivity index (χ1n) is 9.86. The average molecular weight is 432 g/mol. The number of rotatable bonds is 10. The molecular formula is C19H33N3O4S2. The standard InChI is InChI=1S/C19H33N3O4S2/c1-14(2)27(23,24)21-13-12-20-17-10-8-16(9-11-17)18-6-5-7-19(18)22-28(25,26)15(3)4/h8-11,14-15,18-22H,5-7,12-13H2,1-4H3/t18-,19-/m1/s1. The molecule has 2 rings (SSSR count). The molecule has 0 aromatic heterocycles. The van der Waals surface area contributed by atoms with E-state index in [0.717, 1.165) is 30.5 Å². The van der Waals surface area contributed by atoms with Crippen LogP contribution in [0.1, 0.15) is 58.4 Å². The maximum atomic E-state index is 12.2. The Labute approximate surface area is 169 Å². The lowest BCUT2D eigenvalue weighted by Gasteiger charge is -2.23. The number of nitrogens with one attached hydrogen (secondary N) is 3. The van der Waals surface area contributed by atoms with Gasteiger partial charge in [-0.3, -0.25) is 0 Å². The summed E-state index contributed by atoms with van der Waals surface area (Å²) >= 11 is 0. The van der Waals surface area contributed by atoms with Gasteiger partial charge in [-0.2, -0.15) is 0 Å². The second-order valence-electron chi connectivity index (χ2n) is 7.89. The minimum atomic E-state index is -3.28. The van der Waals surface area contributed by atoms with Gasteiger partial charge in [-0.15, -0.1) is 0 Å². The summed E-state index contributed by atoms with van der Waals surface area (Å²) in [5, 5.41) is 2.32. The van der Waals surface area contributed by atoms with E-state index in [4.69, 9.17) is 0 Å². The van der Waals surface area contributed by atoms with Crippen molar-refractivity contribution < 1.29 is 16.8 Å². The predicted octanol–water partition coefficient (Wildman–Crippen LogP) is 2.39. The van der Waals surface area contributed by atoms with Gasteiger partial charge in [0.25, 0.3) is 0 Å². The molecule has 0 amide bonds. The fraction of sp³-hybridized carbons (Fsp3) is 0.684. The molecule has 0 bridgehead atoms. The second-order valence-corrected chi connectivity index (χ2v) is 12.5. The van der Waals surface area contributed by atoms with Crippen molar-refractivity contribution in [2.75, 3.05) is 18.4 Å². The lowest BCUT2D eigenvalue weighted by atomic mass is 9.94. The molecule has 1 fully saturated rings. The molecule has 9 heteroatoms. The van der Waals surface area contributed by atoms with Crippen LogP contribution in [0.5, 0.6) is 0 Å². The Hall–Kier alpha value is -1.16. The predicted molar refractivity (Wildman–Crippen MR) is 115 cm³/mol. The van der Waals surface area contributed by atoms with E-state index in [1.807, 2.05) is 24.3 Å². The topological polar surface area (TPSA) is 104 Å². The highest BCUT2D eigenvalue weighted by atomic mass is 32.2. The van der Waals surface area contributed by atoms with Crippen molar-refractivity contribution in [2.45, 2.75) is 69.4 Å². The third-order valence-electron chi connectivity index (χ3n) is 5.17. The molecule has 0 heterocycles. The first-order chi connectivity index (χ1) is 13.0. The van der Waals surface area contributed by atoms with Crippen molar-refractivity contribution in [1.29, 1.82) is 0 Å². The Morgan fingerprint density at radius 3 is 2.07 bits per heavy atom. The highest BCUT2D eigenvalue weighted by Gasteiger charge is 2.32. The normalized spacial score (nSPS) is 20.8. The van der Waals surface area contributed by atoms with Crippen LogP contribution in [0.25, 0.3) is 0 Å². The molecule has 2 atom stereocenters. The Bertz CT molecular complexity index is 834. The monoisotopic (exact) mass is 431 g/mol. The van der Waals surface area contributed by atoms with Gasteiger partial charge in [0.15, 0.2) is 0 Å². The quantitative estimate of drug-likeness (QED) is 0.494. The Morgan fingerprint density at radius 2 is 1.50 bits per heavy atom. The molecule has 7 nitrogen and oxygen atoms in total. The first-order valence-corrected chi connectivity index (χ1v) is 13.0. The van der Waals surface area contributed by atoms with Crippen molar-refractivity contribution in [1.82, 2.24) is 9.44 Å². The van der Waals surface area contributed by atoms with Crippen molar-refractivity contribution >= 4 is 25.7 Å². The van der Waals surface area contributed by atoms with E-state index in [-0.39, 0.29) is 12.0 Å². The van der Waals surface area contributed by atoms with Gasteiger partial charge in [-0.25, -0.2) is 26.3 Å². The lowest BCUT2D eigenvalue weighted by molar-refractivity contribution is 0.519. The molecule has 0 aliphatic heterocycles. The number of sulfonamides is 2. The Morgan fingerprint density at radius 1 is 0.893 bits per heavy atom. The van der Waals surface area contributed by atoms with Crippen LogP contribution in [-0.4, -0.2) is 46.5 Å². The fourth-order valence-corrected chi connectivity index (χ4v) is 4.96. The summed E-state index contributed by atoms with van der Waals surface area (Å²) in [5.41, 5.74) is 2.03. The van der Waals surface area contributed by atoms with E-state index in [1.54, 1.807) is 27.7 Å². The zero-order valence-electron chi connectivity index (χ0n) is 17.1. The van der Waals surface area contributed by atoms with Gasteiger partial charge in [0.1, 0.15) is 0 Å². The van der Waals surface area contributed by atoms with Gasteiger partial charge in [0.05, 0.1) is 10.5 Å². The zero-order chi connectivity index (χ0) is 20.9. The van der Waals surface area contributed by atoms with Crippen molar-refractivity contribution in [3.05, 3.63) is 29.8 Å². The minimum absolute atomic E-state index is 0.0587. The summed E-state index contributed by atoms with van der Waals surface area (Å²) in [5.74, 6) is 0.181. The molecule has 1 aliphatic rings. The number of benzene rings is 1. The summed E-state index contributed by atoms with van der Waals surface area (Å²) in [6.07, 6.45) is 2.83. The van der Waals surface area contributed by atoms with Crippen molar-refractivity contribution in [3.8, 4) is 0 Å². The largest absolute Gasteiger partial charge is 0.384 e. The lowest BCUT2D eigenvalue weighted by Crippen LogP contribution is -2.40. The minimum Gasteiger partial charge on any atom is -0.384 e. The third-order valence-corrected chi connectivity index (χ3v) is 8.89. The van der Waals surface area contributed by atoms with Crippen LogP contribution in [0, 0.1) is 0 Å². The molecule has 3 N–H and O–H groups in total. The molecule has 1 saturated carbocycles. The molecule has 1 aromatic carbocycles. The summed E-state index contributed by atoms with van der Waals surface area (Å²) in [4.78, 5) is 0. The van der Waals surface area contributed by atoms with Crippen LogP contribution in [0.4, 0.5) is 5.69 Å². The van der Waals surface area contributed by atoms with E-state index < -0.39 is 30.5 Å². The third kappa shape index (κ3) is 6.17. The van der Waals surface area contributed by atoms with E-state index >= 15 is 0 Å². The van der Waals surface area contributed by atoms with Crippen molar-refractivity contribution in [3.63, 3.8) is 0 Å². The van der Waals surface area contributed by atoms with E-state index in [9.17, 15) is 16.8 Å². The van der Waals surface area contributed by atoms with Gasteiger partial charge in [0.2, 0.25) is 20.0 Å². The molecule has 0 unspecified atom stereocenters. The van der Waals surface area contributed by atoms with Crippen LogP contribution in [0.3, 0.4) is 0 Å². The van der Waals surface area contributed by atoms with E-state index in [0.29, 0.717) is 13.1 Å². The molecule has 160 valence electrons. The molecule has 28 heavy (non-hydrogen) atoms. The van der Waals surface area contributed by atoms with E-state index in [1.165, 1.54) is 0 Å². The van der Waals surface area contributed by atoms with Crippen LogP contribution in [-0.2, 0) is 20.0 Å². The van der Waals surface area contributed by atoms with Gasteiger partial charge in [-0.05, 0) is 58.2 Å². The summed E-state index contributed by atoms with van der Waals surface area (Å²) in [7, 11) is -6.53. The fourth-order valence-electron chi connectivity index (χ4n) is 3.26. The number of hydrogen-bond acceptors (Lipinski definition) is 5. The first kappa shape index (κ1) is 23.1. The average Bonchev–Trinajstić information content (AvgIpc) is 3.06. The maximum Gasteiger partial charge on any atom is 0.214 e. The molecular weight excluding hydrogens is 398 g/mol. The van der Waals surface area contributed by atoms with Crippen LogP contribution in [0.15, 0.2) is 24.3 Å². The van der Waals surface area contributed by atoms with Gasteiger partial charge < -0.3 is 5.32 Å². The molecule has 0 saturated heterocycles. The molecule has 1 aromatic rings. The highest BCUT2D eigenvalue weighted by Crippen LogP contribution is 2.35. The van der Waals surface area contributed by atoms with E-state index in [2.05, 4.69) is 14.8 Å². The number of anilines is 1. The van der Waals surface area contributed by atoms with Crippen LogP contribution >= 0.6 is 0 Å². The SMILES string of the molecule is CC(C)S(=O)(=O)NCCNc1ccc([C@H]2CCC[C@H]2NS(=O)(=O)C(C)C)cc1. The molecule has 0 radical (unpaired) electrons. The van der Waals surface area contributed by atoms with Crippen molar-refractivity contribution in [2.24, 2.45) is 0 Å². The van der Waals surface area contributed by atoms with Crippen LogP contribution in [0.2, 0.25) is 0 Å². The van der Waals surface area contributed by atoms with Gasteiger partial charge in [-0.1, -0.05) is 18.6 Å². The zero-order valence-corrected chi connectivity index (χ0v) is 18.7. The van der Waals surface area contributed by atoms with Crippen LogP contribution < -0.4 is 14.8 Å². The van der Waals surface area contributed by atoms with Gasteiger partial charge >= 0.3 is 0 Å². The van der Waals surface area contributed by atoms with Gasteiger partial charge in [0, 0.05) is 30.7 Å². The maximum absolute atomic E-state index is 12.2. The molecule has 0 spiro atoms. The molecule has 1 aliphatic carbocycles. The number of hydrogen-bond donors (Lipinski definition) is 3. The summed E-state index contributed by atoms with van der Waals surface area (Å²) < 4.78 is 53.3. The second kappa shape index (κ2) is 9.56. The highest BCUT2D eigenvalue weighted by molar-refractivity contribution is 7.90. The Balaban J connectivity index is 1.91. The summed E-state index contributed by atoms with van der Waals surface area (Å²) in [6.45, 7) is 7.48. The smallest absolute Gasteiger partial charge is 0.214 e.